The third-order valence-electron chi connectivity index (χ3n) is 3.49. The van der Waals surface area contributed by atoms with E-state index in [0.717, 1.165) is 25.9 Å². The van der Waals surface area contributed by atoms with Gasteiger partial charge in [0, 0.05) is 19.1 Å². The molecule has 1 aliphatic heterocycles. The predicted molar refractivity (Wildman–Crippen MR) is 70.3 cm³/mol. The van der Waals surface area contributed by atoms with Crippen molar-refractivity contribution in [3.8, 4) is 5.75 Å². The van der Waals surface area contributed by atoms with Crippen LogP contribution in [0, 0.1) is 0 Å². The lowest BCUT2D eigenvalue weighted by Gasteiger charge is -2.35. The average molecular weight is 252 g/mol. The maximum absolute atomic E-state index is 11.6. The van der Waals surface area contributed by atoms with Crippen molar-refractivity contribution in [3.05, 3.63) is 16.7 Å². The lowest BCUT2D eigenvalue weighted by atomic mass is 10.0. The van der Waals surface area contributed by atoms with Gasteiger partial charge < -0.3 is 19.5 Å². The lowest BCUT2D eigenvalue weighted by molar-refractivity contribution is 0.248. The number of H-pyrrole nitrogens is 1. The SMILES string of the molecule is COc1c(N2CCC(N(C)C)CC2)nc[nH]c1=O. The number of aromatic amines is 1. The number of nitrogens with zero attached hydrogens (tertiary/aromatic N) is 3. The normalized spacial score (nSPS) is 17.2. The van der Waals surface area contributed by atoms with Crippen LogP contribution >= 0.6 is 0 Å². The van der Waals surface area contributed by atoms with E-state index in [4.69, 9.17) is 4.74 Å². The Morgan fingerprint density at radius 2 is 2.11 bits per heavy atom. The van der Waals surface area contributed by atoms with Crippen molar-refractivity contribution in [2.24, 2.45) is 0 Å². The molecule has 1 aromatic heterocycles. The van der Waals surface area contributed by atoms with Crippen LogP contribution in [-0.4, -0.2) is 55.2 Å². The quantitative estimate of drug-likeness (QED) is 0.839. The molecule has 0 radical (unpaired) electrons. The fourth-order valence-electron chi connectivity index (χ4n) is 2.38. The molecule has 2 heterocycles. The third-order valence-corrected chi connectivity index (χ3v) is 3.49. The van der Waals surface area contributed by atoms with Crippen LogP contribution in [0.3, 0.4) is 0 Å². The molecule has 1 fully saturated rings. The highest BCUT2D eigenvalue weighted by molar-refractivity contribution is 5.50. The number of piperidine rings is 1. The van der Waals surface area contributed by atoms with E-state index in [2.05, 4.69) is 33.9 Å². The highest BCUT2D eigenvalue weighted by Gasteiger charge is 2.24. The maximum Gasteiger partial charge on any atom is 0.295 e. The number of nitrogens with one attached hydrogen (secondary N) is 1. The Balaban J connectivity index is 2.15. The van der Waals surface area contributed by atoms with E-state index in [1.54, 1.807) is 0 Å². The molecule has 2 rings (SSSR count). The molecular weight excluding hydrogens is 232 g/mol. The highest BCUT2D eigenvalue weighted by Crippen LogP contribution is 2.25. The number of methoxy groups -OCH3 is 1. The van der Waals surface area contributed by atoms with Crippen molar-refractivity contribution in [2.45, 2.75) is 18.9 Å². The second-order valence-electron chi connectivity index (χ2n) is 4.77. The largest absolute Gasteiger partial charge is 0.489 e. The van der Waals surface area contributed by atoms with E-state index < -0.39 is 0 Å². The molecule has 0 saturated carbocycles. The molecule has 0 aromatic carbocycles. The van der Waals surface area contributed by atoms with Crippen molar-refractivity contribution in [3.63, 3.8) is 0 Å². The summed E-state index contributed by atoms with van der Waals surface area (Å²) >= 11 is 0. The van der Waals surface area contributed by atoms with Gasteiger partial charge in [0.25, 0.3) is 5.56 Å². The molecule has 18 heavy (non-hydrogen) atoms. The van der Waals surface area contributed by atoms with E-state index in [0.29, 0.717) is 17.6 Å². The number of ether oxygens (including phenoxy) is 1. The van der Waals surface area contributed by atoms with Gasteiger partial charge >= 0.3 is 0 Å². The first-order valence-corrected chi connectivity index (χ1v) is 6.16. The predicted octanol–water partition coefficient (Wildman–Crippen LogP) is 0.309. The van der Waals surface area contributed by atoms with Gasteiger partial charge in [-0.3, -0.25) is 4.79 Å². The minimum Gasteiger partial charge on any atom is -0.489 e. The zero-order valence-corrected chi connectivity index (χ0v) is 11.1. The van der Waals surface area contributed by atoms with Crippen molar-refractivity contribution in [1.82, 2.24) is 14.9 Å². The first kappa shape index (κ1) is 12.9. The number of rotatable bonds is 3. The first-order chi connectivity index (χ1) is 8.63. The van der Waals surface area contributed by atoms with Crippen LogP contribution in [0.15, 0.2) is 11.1 Å². The van der Waals surface area contributed by atoms with Gasteiger partial charge in [-0.05, 0) is 26.9 Å². The Morgan fingerprint density at radius 1 is 1.44 bits per heavy atom. The minimum atomic E-state index is -0.225. The average Bonchev–Trinajstić information content (AvgIpc) is 2.38. The van der Waals surface area contributed by atoms with Crippen molar-refractivity contribution in [1.29, 1.82) is 0 Å². The molecule has 1 aliphatic rings. The summed E-state index contributed by atoms with van der Waals surface area (Å²) in [5.41, 5.74) is -0.225. The molecule has 1 aromatic rings. The number of anilines is 1. The molecule has 1 N–H and O–H groups in total. The van der Waals surface area contributed by atoms with E-state index in [1.807, 2.05) is 0 Å². The summed E-state index contributed by atoms with van der Waals surface area (Å²) in [7, 11) is 5.71. The van der Waals surface area contributed by atoms with Gasteiger partial charge in [-0.15, -0.1) is 0 Å². The summed E-state index contributed by atoms with van der Waals surface area (Å²) < 4.78 is 5.15. The van der Waals surface area contributed by atoms with Gasteiger partial charge in [0.15, 0.2) is 5.82 Å². The lowest BCUT2D eigenvalue weighted by Crippen LogP contribution is -2.42. The molecule has 1 saturated heterocycles. The van der Waals surface area contributed by atoms with Gasteiger partial charge in [0.05, 0.1) is 13.4 Å². The summed E-state index contributed by atoms with van der Waals surface area (Å²) in [4.78, 5) is 22.8. The molecule has 100 valence electrons. The zero-order valence-electron chi connectivity index (χ0n) is 11.1. The number of hydrogen-bond acceptors (Lipinski definition) is 5. The summed E-state index contributed by atoms with van der Waals surface area (Å²) in [6, 6.07) is 0.606. The standard InChI is InChI=1S/C12H20N4O2/c1-15(2)9-4-6-16(7-5-9)11-10(18-3)12(17)14-8-13-11/h8-9H,4-7H2,1-3H3,(H,13,14,17). The number of hydrogen-bond donors (Lipinski definition) is 1. The van der Waals surface area contributed by atoms with Crippen LogP contribution in [0.4, 0.5) is 5.82 Å². The Labute approximate surface area is 107 Å². The monoisotopic (exact) mass is 252 g/mol. The second-order valence-corrected chi connectivity index (χ2v) is 4.77. The van der Waals surface area contributed by atoms with Crippen LogP contribution in [0.5, 0.6) is 5.75 Å². The molecule has 0 bridgehead atoms. The first-order valence-electron chi connectivity index (χ1n) is 6.16. The molecule has 0 atom stereocenters. The Bertz CT molecular complexity index is 450. The molecular formula is C12H20N4O2. The summed E-state index contributed by atoms with van der Waals surface area (Å²) in [5.74, 6) is 0.958. The van der Waals surface area contributed by atoms with Gasteiger partial charge in [-0.25, -0.2) is 4.98 Å². The fraction of sp³-hybridized carbons (Fsp3) is 0.667. The summed E-state index contributed by atoms with van der Waals surface area (Å²) in [5, 5.41) is 0. The highest BCUT2D eigenvalue weighted by atomic mass is 16.5. The van der Waals surface area contributed by atoms with Gasteiger partial charge in [-0.1, -0.05) is 0 Å². The topological polar surface area (TPSA) is 61.5 Å². The van der Waals surface area contributed by atoms with Gasteiger partial charge in [-0.2, -0.15) is 0 Å². The maximum atomic E-state index is 11.6. The smallest absolute Gasteiger partial charge is 0.295 e. The summed E-state index contributed by atoms with van der Waals surface area (Å²) in [6.07, 6.45) is 3.58. The van der Waals surface area contributed by atoms with Crippen LogP contribution in [-0.2, 0) is 0 Å². The summed E-state index contributed by atoms with van der Waals surface area (Å²) in [6.45, 7) is 1.80. The Kier molecular flexibility index (Phi) is 3.86. The van der Waals surface area contributed by atoms with E-state index >= 15 is 0 Å². The molecule has 0 unspecified atom stereocenters. The minimum absolute atomic E-state index is 0.225. The van der Waals surface area contributed by atoms with E-state index in [9.17, 15) is 4.79 Å². The molecule has 0 aliphatic carbocycles. The van der Waals surface area contributed by atoms with Gasteiger partial charge in [0.2, 0.25) is 5.75 Å². The molecule has 0 spiro atoms. The van der Waals surface area contributed by atoms with Crippen molar-refractivity contribution >= 4 is 5.82 Å². The van der Waals surface area contributed by atoms with Crippen LogP contribution in [0.1, 0.15) is 12.8 Å². The van der Waals surface area contributed by atoms with Crippen LogP contribution in [0.25, 0.3) is 0 Å². The second kappa shape index (κ2) is 5.39. The van der Waals surface area contributed by atoms with Crippen molar-refractivity contribution in [2.75, 3.05) is 39.2 Å². The van der Waals surface area contributed by atoms with Crippen LogP contribution < -0.4 is 15.2 Å². The molecule has 6 nitrogen and oxygen atoms in total. The van der Waals surface area contributed by atoms with E-state index in [-0.39, 0.29) is 5.56 Å². The Morgan fingerprint density at radius 3 is 2.67 bits per heavy atom. The van der Waals surface area contributed by atoms with Crippen molar-refractivity contribution < 1.29 is 4.74 Å². The van der Waals surface area contributed by atoms with Crippen LogP contribution in [0.2, 0.25) is 0 Å². The third kappa shape index (κ3) is 2.48. The molecule has 6 heteroatoms. The zero-order chi connectivity index (χ0) is 13.1. The van der Waals surface area contributed by atoms with E-state index in [1.165, 1.54) is 13.4 Å². The van der Waals surface area contributed by atoms with Gasteiger partial charge in [0.1, 0.15) is 0 Å². The fourth-order valence-corrected chi connectivity index (χ4v) is 2.38. The Hall–Kier alpha value is -1.56. The molecule has 0 amide bonds. The number of aromatic nitrogens is 2.